The molecule has 0 aliphatic rings. The second-order valence-corrected chi connectivity index (χ2v) is 22.7. The highest BCUT2D eigenvalue weighted by molar-refractivity contribution is 5.71. The molecule has 0 aromatic carbocycles. The number of rotatable bonds is 62. The van der Waals surface area contributed by atoms with Crippen molar-refractivity contribution in [3.05, 3.63) is 85.1 Å². The van der Waals surface area contributed by atoms with E-state index in [0.29, 0.717) is 19.3 Å². The average molecular weight is 1100 g/mol. The van der Waals surface area contributed by atoms with Crippen LogP contribution in [0.15, 0.2) is 85.1 Å². The fraction of sp³-hybridized carbons (Fsp3) is 0.767. The van der Waals surface area contributed by atoms with Crippen molar-refractivity contribution in [3.63, 3.8) is 0 Å². The number of unbranched alkanes of at least 4 members (excludes halogenated alkanes) is 37. The topological polar surface area (TPSA) is 78.9 Å². The van der Waals surface area contributed by atoms with Gasteiger partial charge in [-0.1, -0.05) is 331 Å². The van der Waals surface area contributed by atoms with E-state index in [1.54, 1.807) is 0 Å². The first kappa shape index (κ1) is 75.6. The van der Waals surface area contributed by atoms with Crippen molar-refractivity contribution in [2.24, 2.45) is 0 Å². The summed E-state index contributed by atoms with van der Waals surface area (Å²) >= 11 is 0. The van der Waals surface area contributed by atoms with E-state index in [9.17, 15) is 14.4 Å². The van der Waals surface area contributed by atoms with Crippen LogP contribution >= 0.6 is 0 Å². The van der Waals surface area contributed by atoms with Crippen LogP contribution < -0.4 is 0 Å². The van der Waals surface area contributed by atoms with Crippen LogP contribution in [0.25, 0.3) is 0 Å². The van der Waals surface area contributed by atoms with Crippen LogP contribution in [-0.2, 0) is 28.6 Å². The summed E-state index contributed by atoms with van der Waals surface area (Å²) in [6.07, 6.45) is 89.4. The number of ether oxygens (including phenoxy) is 3. The first-order chi connectivity index (χ1) is 39.0. The predicted octanol–water partition coefficient (Wildman–Crippen LogP) is 23.4. The third kappa shape index (κ3) is 65.3. The molecule has 0 saturated heterocycles. The zero-order valence-corrected chi connectivity index (χ0v) is 52.4. The van der Waals surface area contributed by atoms with Crippen molar-refractivity contribution in [3.8, 4) is 0 Å². The van der Waals surface area contributed by atoms with Crippen molar-refractivity contribution in [1.29, 1.82) is 0 Å². The molecule has 1 unspecified atom stereocenters. The van der Waals surface area contributed by atoms with Gasteiger partial charge < -0.3 is 14.2 Å². The monoisotopic (exact) mass is 1100 g/mol. The Kier molecular flexibility index (Phi) is 64.2. The molecule has 456 valence electrons. The van der Waals surface area contributed by atoms with Crippen LogP contribution in [0.5, 0.6) is 0 Å². The Labute approximate surface area is 490 Å². The van der Waals surface area contributed by atoms with Gasteiger partial charge in [0.25, 0.3) is 0 Å². The summed E-state index contributed by atoms with van der Waals surface area (Å²) in [5, 5.41) is 0. The van der Waals surface area contributed by atoms with Gasteiger partial charge in [0, 0.05) is 19.3 Å². The maximum atomic E-state index is 12.8. The zero-order valence-electron chi connectivity index (χ0n) is 52.4. The van der Waals surface area contributed by atoms with E-state index >= 15 is 0 Å². The molecular weight excluding hydrogens is 973 g/mol. The Morgan fingerprint density at radius 3 is 0.873 bits per heavy atom. The van der Waals surface area contributed by atoms with E-state index in [1.165, 1.54) is 199 Å². The molecular formula is C73H128O6. The molecule has 79 heavy (non-hydrogen) atoms. The van der Waals surface area contributed by atoms with Crippen LogP contribution in [0.3, 0.4) is 0 Å². The fourth-order valence-corrected chi connectivity index (χ4v) is 9.83. The van der Waals surface area contributed by atoms with Crippen LogP contribution in [0, 0.1) is 0 Å². The minimum absolute atomic E-state index is 0.107. The standard InChI is InChI=1S/C73H128O6/c1-4-7-10-13-16-19-22-24-26-28-30-31-32-33-34-35-36-37-38-39-40-41-42-44-45-47-49-51-54-57-60-63-66-72(75)78-69-70(68-77-71(74)65-62-59-56-53-21-18-15-12-9-6-3)79-73(76)67-64-61-58-55-52-50-48-46-43-29-27-25-23-20-17-14-11-8-5-2/h8,11-12,15,17,20,25,27,43,46,50,52,58,61,70H,4-7,9-10,13-14,16,18-19,21-24,26,28-42,44-45,47-49,51,53-57,59-60,62-69H2,1-3H3/b11-8-,15-12-,20-17-,27-25-,46-43-,52-50-,61-58-. The molecule has 6 nitrogen and oxygen atoms in total. The maximum absolute atomic E-state index is 12.8. The lowest BCUT2D eigenvalue weighted by Crippen LogP contribution is -2.30. The highest BCUT2D eigenvalue weighted by atomic mass is 16.6. The summed E-state index contributed by atoms with van der Waals surface area (Å²) in [7, 11) is 0. The smallest absolute Gasteiger partial charge is 0.306 e. The number of carbonyl (C=O) groups is 3. The fourth-order valence-electron chi connectivity index (χ4n) is 9.83. The van der Waals surface area contributed by atoms with Gasteiger partial charge in [-0.3, -0.25) is 14.4 Å². The number of allylic oxidation sites excluding steroid dienone is 14. The van der Waals surface area contributed by atoms with Gasteiger partial charge in [-0.2, -0.15) is 0 Å². The molecule has 0 rings (SSSR count). The molecule has 0 aliphatic heterocycles. The lowest BCUT2D eigenvalue weighted by atomic mass is 10.0. The lowest BCUT2D eigenvalue weighted by Gasteiger charge is -2.18. The van der Waals surface area contributed by atoms with E-state index in [-0.39, 0.29) is 31.6 Å². The molecule has 0 aromatic rings. The molecule has 0 heterocycles. The highest BCUT2D eigenvalue weighted by Gasteiger charge is 2.19. The molecule has 1 atom stereocenters. The van der Waals surface area contributed by atoms with E-state index in [1.807, 2.05) is 6.08 Å². The summed E-state index contributed by atoms with van der Waals surface area (Å²) in [6.45, 7) is 6.43. The number of hydrogen-bond acceptors (Lipinski definition) is 6. The van der Waals surface area contributed by atoms with Gasteiger partial charge in [0.2, 0.25) is 0 Å². The van der Waals surface area contributed by atoms with E-state index in [0.717, 1.165) is 96.3 Å². The van der Waals surface area contributed by atoms with Crippen LogP contribution in [-0.4, -0.2) is 37.2 Å². The van der Waals surface area contributed by atoms with Crippen molar-refractivity contribution in [2.45, 2.75) is 348 Å². The Bertz CT molecular complexity index is 1500. The summed E-state index contributed by atoms with van der Waals surface area (Å²) in [5.41, 5.74) is 0. The summed E-state index contributed by atoms with van der Waals surface area (Å²) in [5.74, 6) is -0.992. The third-order valence-corrected chi connectivity index (χ3v) is 14.9. The summed E-state index contributed by atoms with van der Waals surface area (Å²) in [4.78, 5) is 38.2. The van der Waals surface area contributed by atoms with Gasteiger partial charge in [0.05, 0.1) is 0 Å². The van der Waals surface area contributed by atoms with Crippen LogP contribution in [0.4, 0.5) is 0 Å². The lowest BCUT2D eigenvalue weighted by molar-refractivity contribution is -0.166. The Morgan fingerprint density at radius 2 is 0.544 bits per heavy atom. The molecule has 0 radical (unpaired) electrons. The number of hydrogen-bond donors (Lipinski definition) is 0. The second kappa shape index (κ2) is 67.1. The summed E-state index contributed by atoms with van der Waals surface area (Å²) in [6, 6.07) is 0. The molecule has 0 saturated carbocycles. The zero-order chi connectivity index (χ0) is 57.1. The molecule has 0 amide bonds. The Morgan fingerprint density at radius 1 is 0.266 bits per heavy atom. The van der Waals surface area contributed by atoms with E-state index < -0.39 is 12.1 Å². The minimum Gasteiger partial charge on any atom is -0.462 e. The van der Waals surface area contributed by atoms with Gasteiger partial charge in [-0.05, 0) is 77.0 Å². The Hall–Kier alpha value is -3.41. The second-order valence-electron chi connectivity index (χ2n) is 22.7. The Balaban J connectivity index is 4.16. The maximum Gasteiger partial charge on any atom is 0.306 e. The molecule has 6 heteroatoms. The largest absolute Gasteiger partial charge is 0.462 e. The van der Waals surface area contributed by atoms with Gasteiger partial charge in [-0.25, -0.2) is 0 Å². The highest BCUT2D eigenvalue weighted by Crippen LogP contribution is 2.18. The van der Waals surface area contributed by atoms with Gasteiger partial charge >= 0.3 is 17.9 Å². The SMILES string of the molecule is CC/C=C\C/C=C\C/C=C\C/C=C\C/C=C\C/C=C\CCC(=O)OC(COC(=O)CCCCCCC/C=C\CCC)COC(=O)CCCCCCCCCCCCCCCCCCCCCCCCCCCCCCCCCC. The predicted molar refractivity (Wildman–Crippen MR) is 344 cm³/mol. The van der Waals surface area contributed by atoms with Crippen molar-refractivity contribution in [1.82, 2.24) is 0 Å². The van der Waals surface area contributed by atoms with Crippen molar-refractivity contribution < 1.29 is 28.6 Å². The molecule has 0 N–H and O–H groups in total. The van der Waals surface area contributed by atoms with E-state index in [2.05, 4.69) is 99.8 Å². The van der Waals surface area contributed by atoms with Crippen LogP contribution in [0.1, 0.15) is 342 Å². The van der Waals surface area contributed by atoms with Crippen LogP contribution in [0.2, 0.25) is 0 Å². The number of carbonyl (C=O) groups excluding carboxylic acids is 3. The normalized spacial score (nSPS) is 12.6. The summed E-state index contributed by atoms with van der Waals surface area (Å²) < 4.78 is 16.8. The molecule has 0 aliphatic carbocycles. The minimum atomic E-state index is -0.820. The van der Waals surface area contributed by atoms with Gasteiger partial charge in [0.1, 0.15) is 13.2 Å². The molecule has 0 bridgehead atoms. The van der Waals surface area contributed by atoms with E-state index in [4.69, 9.17) is 14.2 Å². The first-order valence-corrected chi connectivity index (χ1v) is 34.1. The van der Waals surface area contributed by atoms with Crippen molar-refractivity contribution >= 4 is 17.9 Å². The van der Waals surface area contributed by atoms with Gasteiger partial charge in [-0.15, -0.1) is 0 Å². The number of esters is 3. The first-order valence-electron chi connectivity index (χ1n) is 34.1. The molecule has 0 spiro atoms. The third-order valence-electron chi connectivity index (χ3n) is 14.9. The van der Waals surface area contributed by atoms with Crippen molar-refractivity contribution in [2.75, 3.05) is 13.2 Å². The average Bonchev–Trinajstić information content (AvgIpc) is 3.45. The molecule has 0 aromatic heterocycles. The van der Waals surface area contributed by atoms with Gasteiger partial charge in [0.15, 0.2) is 6.10 Å². The molecule has 0 fully saturated rings. The quantitative estimate of drug-likeness (QED) is 0.0261.